The molecule has 1 unspecified atom stereocenters. The van der Waals surface area contributed by atoms with Gasteiger partial charge in [0.2, 0.25) is 0 Å². The molecule has 3 heteroatoms. The number of benzene rings is 1. The molecule has 0 spiro atoms. The molecule has 0 amide bonds. The van der Waals surface area contributed by atoms with E-state index in [2.05, 4.69) is 19.6 Å². The summed E-state index contributed by atoms with van der Waals surface area (Å²) in [6, 6.07) is 4.42. The number of phenols is 1. The molecule has 1 atom stereocenters. The van der Waals surface area contributed by atoms with Crippen LogP contribution in [0.1, 0.15) is 38.7 Å². The minimum atomic E-state index is -0.592. The highest BCUT2D eigenvalue weighted by Gasteiger charge is 2.20. The number of phenolic OH excluding ortho intramolecular Hbond substituents is 1. The molecule has 0 saturated carbocycles. The molecule has 1 N–H and O–H groups in total. The van der Waals surface area contributed by atoms with Crippen LogP contribution in [0.5, 0.6) is 5.75 Å². The first kappa shape index (κ1) is 16.5. The Morgan fingerprint density at radius 1 is 1.50 bits per heavy atom. The normalized spacial score (nSPS) is 18.4. The molecular formula is C19H23FO2. The van der Waals surface area contributed by atoms with Crippen molar-refractivity contribution < 1.29 is 14.2 Å². The highest BCUT2D eigenvalue weighted by atomic mass is 19.1. The summed E-state index contributed by atoms with van der Waals surface area (Å²) >= 11 is 0. The van der Waals surface area contributed by atoms with Crippen LogP contribution in [0, 0.1) is 5.82 Å². The standard InChI is InChI=1S/C19H23FO2/c1-4-14(3)16-9-10-22-19(16)8-5-13(2)11-15-6-7-18(21)17(20)12-15/h6-7,9,11-12,19,21H,3-5,8,10H2,1-2H3/b13-11+. The number of aromatic hydroxyl groups is 1. The maximum absolute atomic E-state index is 13.3. The van der Waals surface area contributed by atoms with E-state index in [0.29, 0.717) is 6.61 Å². The summed E-state index contributed by atoms with van der Waals surface area (Å²) in [6.07, 6.45) is 6.88. The van der Waals surface area contributed by atoms with Crippen molar-refractivity contribution in [1.82, 2.24) is 0 Å². The van der Waals surface area contributed by atoms with Gasteiger partial charge in [-0.25, -0.2) is 4.39 Å². The van der Waals surface area contributed by atoms with Gasteiger partial charge >= 0.3 is 0 Å². The molecule has 0 fully saturated rings. The molecular weight excluding hydrogens is 279 g/mol. The highest BCUT2D eigenvalue weighted by Crippen LogP contribution is 2.28. The SMILES string of the molecule is C=C(CC)C1=CCOC1CC/C(C)=C/c1ccc(O)c(F)c1. The third-order valence-corrected chi connectivity index (χ3v) is 3.97. The van der Waals surface area contributed by atoms with Gasteiger partial charge in [-0.15, -0.1) is 0 Å². The molecule has 1 aromatic rings. The van der Waals surface area contributed by atoms with Crippen molar-refractivity contribution in [2.45, 2.75) is 39.2 Å². The van der Waals surface area contributed by atoms with E-state index in [4.69, 9.17) is 4.74 Å². The van der Waals surface area contributed by atoms with Crippen molar-refractivity contribution in [3.8, 4) is 5.75 Å². The van der Waals surface area contributed by atoms with Gasteiger partial charge in [0.05, 0.1) is 12.7 Å². The average molecular weight is 302 g/mol. The Bertz CT molecular complexity index is 614. The summed E-state index contributed by atoms with van der Waals surface area (Å²) in [4.78, 5) is 0. The maximum Gasteiger partial charge on any atom is 0.165 e. The van der Waals surface area contributed by atoms with Crippen molar-refractivity contribution in [2.75, 3.05) is 6.61 Å². The van der Waals surface area contributed by atoms with E-state index in [-0.39, 0.29) is 11.9 Å². The molecule has 0 bridgehead atoms. The van der Waals surface area contributed by atoms with Crippen molar-refractivity contribution in [1.29, 1.82) is 0 Å². The Kier molecular flexibility index (Phi) is 5.56. The number of allylic oxidation sites excluding steroid dienone is 1. The zero-order chi connectivity index (χ0) is 16.1. The zero-order valence-electron chi connectivity index (χ0n) is 13.2. The van der Waals surface area contributed by atoms with Crippen LogP contribution in [0.4, 0.5) is 4.39 Å². The summed E-state index contributed by atoms with van der Waals surface area (Å²) in [5.74, 6) is -0.910. The topological polar surface area (TPSA) is 29.5 Å². The van der Waals surface area contributed by atoms with Gasteiger partial charge in [-0.05, 0) is 55.0 Å². The smallest absolute Gasteiger partial charge is 0.165 e. The first-order valence-corrected chi connectivity index (χ1v) is 7.66. The molecule has 0 radical (unpaired) electrons. The van der Waals surface area contributed by atoms with Crippen molar-refractivity contribution in [3.63, 3.8) is 0 Å². The molecule has 0 aliphatic carbocycles. The van der Waals surface area contributed by atoms with Crippen LogP contribution in [0.2, 0.25) is 0 Å². The van der Waals surface area contributed by atoms with Crippen LogP contribution in [-0.4, -0.2) is 17.8 Å². The van der Waals surface area contributed by atoms with E-state index >= 15 is 0 Å². The van der Waals surface area contributed by atoms with E-state index < -0.39 is 5.82 Å². The van der Waals surface area contributed by atoms with Gasteiger partial charge in [0.1, 0.15) is 0 Å². The van der Waals surface area contributed by atoms with Crippen LogP contribution >= 0.6 is 0 Å². The van der Waals surface area contributed by atoms with Crippen LogP contribution in [0.15, 0.2) is 47.6 Å². The molecule has 2 nitrogen and oxygen atoms in total. The summed E-state index contributed by atoms with van der Waals surface area (Å²) in [5.41, 5.74) is 4.28. The Labute approximate surface area is 131 Å². The molecule has 1 aliphatic rings. The van der Waals surface area contributed by atoms with Crippen molar-refractivity contribution in [3.05, 3.63) is 59.0 Å². The summed E-state index contributed by atoms with van der Waals surface area (Å²) in [5, 5.41) is 9.20. The molecule has 1 aliphatic heterocycles. The summed E-state index contributed by atoms with van der Waals surface area (Å²) in [7, 11) is 0. The molecule has 118 valence electrons. The molecule has 0 aromatic heterocycles. The average Bonchev–Trinajstić information content (AvgIpc) is 2.96. The Hall–Kier alpha value is -1.87. The Balaban J connectivity index is 1.96. The van der Waals surface area contributed by atoms with Crippen LogP contribution in [0.25, 0.3) is 6.08 Å². The van der Waals surface area contributed by atoms with Gasteiger partial charge in [-0.1, -0.05) is 37.3 Å². The lowest BCUT2D eigenvalue weighted by atomic mass is 9.96. The number of hydrogen-bond donors (Lipinski definition) is 1. The van der Waals surface area contributed by atoms with Crippen LogP contribution in [-0.2, 0) is 4.74 Å². The number of hydrogen-bond acceptors (Lipinski definition) is 2. The second-order valence-corrected chi connectivity index (χ2v) is 5.68. The largest absolute Gasteiger partial charge is 0.505 e. The predicted octanol–water partition coefficient (Wildman–Crippen LogP) is 5.01. The van der Waals surface area contributed by atoms with E-state index in [1.54, 1.807) is 6.07 Å². The van der Waals surface area contributed by atoms with E-state index in [9.17, 15) is 9.50 Å². The lowest BCUT2D eigenvalue weighted by Crippen LogP contribution is -2.11. The van der Waals surface area contributed by atoms with Crippen LogP contribution < -0.4 is 0 Å². The number of halogens is 1. The second-order valence-electron chi connectivity index (χ2n) is 5.68. The van der Waals surface area contributed by atoms with Gasteiger partial charge < -0.3 is 9.84 Å². The van der Waals surface area contributed by atoms with E-state index in [1.807, 2.05) is 13.0 Å². The quantitative estimate of drug-likeness (QED) is 0.800. The van der Waals surface area contributed by atoms with Crippen molar-refractivity contribution in [2.24, 2.45) is 0 Å². The fraction of sp³-hybridized carbons (Fsp3) is 0.368. The van der Waals surface area contributed by atoms with Crippen molar-refractivity contribution >= 4 is 6.08 Å². The molecule has 22 heavy (non-hydrogen) atoms. The zero-order valence-corrected chi connectivity index (χ0v) is 13.2. The minimum Gasteiger partial charge on any atom is -0.505 e. The summed E-state index contributed by atoms with van der Waals surface area (Å²) < 4.78 is 19.1. The van der Waals surface area contributed by atoms with E-state index in [1.165, 1.54) is 17.7 Å². The molecule has 0 saturated heterocycles. The summed E-state index contributed by atoms with van der Waals surface area (Å²) in [6.45, 7) is 8.87. The van der Waals surface area contributed by atoms with Gasteiger partial charge in [0, 0.05) is 0 Å². The van der Waals surface area contributed by atoms with E-state index in [0.717, 1.165) is 36.0 Å². The monoisotopic (exact) mass is 302 g/mol. The highest BCUT2D eigenvalue weighted by molar-refractivity contribution is 5.53. The van der Waals surface area contributed by atoms with Gasteiger partial charge in [0.25, 0.3) is 0 Å². The van der Waals surface area contributed by atoms with Gasteiger partial charge in [0.15, 0.2) is 11.6 Å². The first-order valence-electron chi connectivity index (χ1n) is 7.66. The lowest BCUT2D eigenvalue weighted by Gasteiger charge is -2.16. The lowest BCUT2D eigenvalue weighted by molar-refractivity contribution is 0.116. The molecule has 1 heterocycles. The predicted molar refractivity (Wildman–Crippen MR) is 88.2 cm³/mol. The minimum absolute atomic E-state index is 0.118. The molecule has 2 rings (SSSR count). The Morgan fingerprint density at radius 2 is 2.27 bits per heavy atom. The first-order chi connectivity index (χ1) is 10.5. The third kappa shape index (κ3) is 4.08. The number of ether oxygens (including phenoxy) is 1. The fourth-order valence-corrected chi connectivity index (χ4v) is 2.62. The third-order valence-electron chi connectivity index (χ3n) is 3.97. The number of rotatable bonds is 6. The maximum atomic E-state index is 13.3. The van der Waals surface area contributed by atoms with Gasteiger partial charge in [-0.3, -0.25) is 0 Å². The fourth-order valence-electron chi connectivity index (χ4n) is 2.62. The second kappa shape index (κ2) is 7.41. The van der Waals surface area contributed by atoms with Crippen LogP contribution in [0.3, 0.4) is 0 Å². The molecule has 1 aromatic carbocycles. The Morgan fingerprint density at radius 3 is 2.95 bits per heavy atom. The van der Waals surface area contributed by atoms with Gasteiger partial charge in [-0.2, -0.15) is 0 Å².